The average Bonchev–Trinajstić information content (AvgIpc) is 2.30. The molecule has 0 saturated carbocycles. The Hall–Kier alpha value is -1.70. The summed E-state index contributed by atoms with van der Waals surface area (Å²) in [5.41, 5.74) is -0.986. The fourth-order valence-electron chi connectivity index (χ4n) is 1.36. The van der Waals surface area contributed by atoms with Gasteiger partial charge < -0.3 is 5.32 Å². The number of aromatic nitrogens is 3. The van der Waals surface area contributed by atoms with Crippen molar-refractivity contribution in [2.24, 2.45) is 0 Å². The van der Waals surface area contributed by atoms with Crippen molar-refractivity contribution >= 4 is 27.6 Å². The van der Waals surface area contributed by atoms with Gasteiger partial charge in [-0.15, -0.1) is 0 Å². The lowest BCUT2D eigenvalue weighted by molar-refractivity contribution is -0.141. The van der Waals surface area contributed by atoms with Gasteiger partial charge in [0.25, 0.3) is 0 Å². The topological polar surface area (TPSA) is 50.7 Å². The van der Waals surface area contributed by atoms with Crippen LogP contribution in [0, 0.1) is 6.92 Å². The minimum absolute atomic E-state index is 0.0365. The van der Waals surface area contributed by atoms with Crippen LogP contribution in [0.2, 0.25) is 0 Å². The smallest absolute Gasteiger partial charge is 0.325 e. The van der Waals surface area contributed by atoms with E-state index in [-0.39, 0.29) is 11.6 Å². The summed E-state index contributed by atoms with van der Waals surface area (Å²) in [7, 11) is 0. The quantitative estimate of drug-likeness (QED) is 0.910. The molecule has 0 spiro atoms. The summed E-state index contributed by atoms with van der Waals surface area (Å²) >= 11 is 3.22. The molecule has 0 radical (unpaired) electrons. The van der Waals surface area contributed by atoms with Crippen molar-refractivity contribution in [1.82, 2.24) is 15.0 Å². The predicted octanol–water partition coefficient (Wildman–Crippen LogP) is 3.70. The zero-order valence-electron chi connectivity index (χ0n) is 9.66. The van der Waals surface area contributed by atoms with Crippen molar-refractivity contribution in [3.05, 3.63) is 40.4 Å². The van der Waals surface area contributed by atoms with Gasteiger partial charge in [0, 0.05) is 16.7 Å². The van der Waals surface area contributed by atoms with Gasteiger partial charge in [-0.25, -0.2) is 15.0 Å². The molecule has 2 aromatic heterocycles. The van der Waals surface area contributed by atoms with Gasteiger partial charge in [0.1, 0.15) is 23.2 Å². The Morgan fingerprint density at radius 3 is 2.47 bits per heavy atom. The van der Waals surface area contributed by atoms with E-state index >= 15 is 0 Å². The molecule has 19 heavy (non-hydrogen) atoms. The van der Waals surface area contributed by atoms with Crippen molar-refractivity contribution < 1.29 is 13.2 Å². The first-order valence-corrected chi connectivity index (χ1v) is 5.95. The summed E-state index contributed by atoms with van der Waals surface area (Å²) in [6.07, 6.45) is -2.97. The molecular formula is C11H8BrF3N4. The number of anilines is 2. The Morgan fingerprint density at radius 1 is 1.16 bits per heavy atom. The molecule has 1 N–H and O–H groups in total. The predicted molar refractivity (Wildman–Crippen MR) is 67.0 cm³/mol. The number of halogens is 4. The summed E-state index contributed by atoms with van der Waals surface area (Å²) in [5.74, 6) is 0.485. The summed E-state index contributed by atoms with van der Waals surface area (Å²) in [6, 6.07) is 4.18. The lowest BCUT2D eigenvalue weighted by atomic mass is 10.3. The Kier molecular flexibility index (Phi) is 3.70. The zero-order valence-corrected chi connectivity index (χ0v) is 11.2. The number of hydrogen-bond acceptors (Lipinski definition) is 4. The first kappa shape index (κ1) is 13.7. The Labute approximate surface area is 115 Å². The molecule has 0 aromatic carbocycles. The molecule has 4 nitrogen and oxygen atoms in total. The SMILES string of the molecule is Cc1nc(Nc2ccc(Br)cn2)cc(C(F)(F)F)n1. The molecule has 2 aromatic rings. The standard InChI is InChI=1S/C11H8BrF3N4/c1-6-17-8(11(13,14)15)4-10(18-6)19-9-3-2-7(12)5-16-9/h2-5H,1H3,(H,16,17,18,19). The fraction of sp³-hybridized carbons (Fsp3) is 0.182. The molecule has 0 aliphatic carbocycles. The van der Waals surface area contributed by atoms with Crippen LogP contribution in [0.4, 0.5) is 24.8 Å². The summed E-state index contributed by atoms with van der Waals surface area (Å²) in [6.45, 7) is 1.40. The molecule has 2 rings (SSSR count). The lowest BCUT2D eigenvalue weighted by Gasteiger charge is -2.10. The van der Waals surface area contributed by atoms with E-state index in [0.29, 0.717) is 5.82 Å². The van der Waals surface area contributed by atoms with Crippen LogP contribution in [0.5, 0.6) is 0 Å². The van der Waals surface area contributed by atoms with Crippen molar-refractivity contribution in [3.63, 3.8) is 0 Å². The molecule has 0 saturated heterocycles. The Balaban J connectivity index is 2.30. The maximum atomic E-state index is 12.6. The molecule has 2 heterocycles. The van der Waals surface area contributed by atoms with Crippen LogP contribution >= 0.6 is 15.9 Å². The maximum Gasteiger partial charge on any atom is 0.433 e. The first-order valence-electron chi connectivity index (χ1n) is 5.16. The van der Waals surface area contributed by atoms with Crippen molar-refractivity contribution in [2.75, 3.05) is 5.32 Å². The molecule has 0 aliphatic rings. The van der Waals surface area contributed by atoms with Crippen LogP contribution in [-0.2, 0) is 6.18 Å². The van der Waals surface area contributed by atoms with E-state index in [1.165, 1.54) is 13.1 Å². The minimum atomic E-state index is -4.50. The average molecular weight is 333 g/mol. The molecule has 0 bridgehead atoms. The second-order valence-electron chi connectivity index (χ2n) is 3.67. The Bertz CT molecular complexity index is 583. The number of alkyl halides is 3. The molecule has 0 atom stereocenters. The first-order chi connectivity index (χ1) is 8.84. The lowest BCUT2D eigenvalue weighted by Crippen LogP contribution is -2.11. The van der Waals surface area contributed by atoms with Gasteiger partial charge in [0.2, 0.25) is 0 Å². The third kappa shape index (κ3) is 3.63. The summed E-state index contributed by atoms with van der Waals surface area (Å²) < 4.78 is 38.6. The fourth-order valence-corrected chi connectivity index (χ4v) is 1.59. The number of pyridine rings is 1. The molecule has 100 valence electrons. The van der Waals surface area contributed by atoms with Gasteiger partial charge in [0.15, 0.2) is 0 Å². The van der Waals surface area contributed by atoms with Gasteiger partial charge in [-0.05, 0) is 35.0 Å². The second-order valence-corrected chi connectivity index (χ2v) is 4.59. The van der Waals surface area contributed by atoms with E-state index in [1.807, 2.05) is 0 Å². The van der Waals surface area contributed by atoms with Gasteiger partial charge in [-0.3, -0.25) is 0 Å². The number of hydrogen-bond donors (Lipinski definition) is 1. The van der Waals surface area contributed by atoms with Gasteiger partial charge in [0.05, 0.1) is 0 Å². The highest BCUT2D eigenvalue weighted by molar-refractivity contribution is 9.10. The van der Waals surface area contributed by atoms with Crippen LogP contribution in [-0.4, -0.2) is 15.0 Å². The molecule has 8 heteroatoms. The Morgan fingerprint density at radius 2 is 1.89 bits per heavy atom. The van der Waals surface area contributed by atoms with Gasteiger partial charge >= 0.3 is 6.18 Å². The van der Waals surface area contributed by atoms with Crippen LogP contribution in [0.25, 0.3) is 0 Å². The highest BCUT2D eigenvalue weighted by Crippen LogP contribution is 2.29. The van der Waals surface area contributed by atoms with E-state index < -0.39 is 11.9 Å². The summed E-state index contributed by atoms with van der Waals surface area (Å²) in [4.78, 5) is 11.2. The maximum absolute atomic E-state index is 12.6. The highest BCUT2D eigenvalue weighted by Gasteiger charge is 2.33. The van der Waals surface area contributed by atoms with Gasteiger partial charge in [-0.1, -0.05) is 0 Å². The van der Waals surface area contributed by atoms with Crippen molar-refractivity contribution in [1.29, 1.82) is 0 Å². The minimum Gasteiger partial charge on any atom is -0.325 e. The third-order valence-corrected chi connectivity index (χ3v) is 2.58. The molecular weight excluding hydrogens is 325 g/mol. The van der Waals surface area contributed by atoms with Crippen LogP contribution in [0.3, 0.4) is 0 Å². The van der Waals surface area contributed by atoms with E-state index in [2.05, 4.69) is 36.2 Å². The molecule has 0 unspecified atom stereocenters. The van der Waals surface area contributed by atoms with E-state index in [4.69, 9.17) is 0 Å². The van der Waals surface area contributed by atoms with Crippen LogP contribution in [0.1, 0.15) is 11.5 Å². The van der Waals surface area contributed by atoms with E-state index in [1.54, 1.807) is 12.1 Å². The van der Waals surface area contributed by atoms with E-state index in [9.17, 15) is 13.2 Å². The highest BCUT2D eigenvalue weighted by atomic mass is 79.9. The molecule has 0 amide bonds. The number of nitrogens with one attached hydrogen (secondary N) is 1. The summed E-state index contributed by atoms with van der Waals surface area (Å²) in [5, 5.41) is 2.70. The van der Waals surface area contributed by atoms with Gasteiger partial charge in [-0.2, -0.15) is 13.2 Å². The number of rotatable bonds is 2. The van der Waals surface area contributed by atoms with E-state index in [0.717, 1.165) is 10.5 Å². The number of nitrogens with zero attached hydrogens (tertiary/aromatic N) is 3. The monoisotopic (exact) mass is 332 g/mol. The number of aryl methyl sites for hydroxylation is 1. The van der Waals surface area contributed by atoms with Crippen LogP contribution in [0.15, 0.2) is 28.9 Å². The molecule has 0 aliphatic heterocycles. The normalized spacial score (nSPS) is 11.4. The van der Waals surface area contributed by atoms with Crippen molar-refractivity contribution in [3.8, 4) is 0 Å². The second kappa shape index (κ2) is 5.12. The van der Waals surface area contributed by atoms with Crippen LogP contribution < -0.4 is 5.32 Å². The third-order valence-electron chi connectivity index (χ3n) is 2.11. The molecule has 0 fully saturated rings. The largest absolute Gasteiger partial charge is 0.433 e. The zero-order chi connectivity index (χ0) is 14.0. The van der Waals surface area contributed by atoms with Crippen molar-refractivity contribution in [2.45, 2.75) is 13.1 Å².